The van der Waals surface area contributed by atoms with Gasteiger partial charge in [0.2, 0.25) is 0 Å². The maximum absolute atomic E-state index is 9.16. The maximum Gasteiger partial charge on any atom is -1.00 e. The van der Waals surface area contributed by atoms with Crippen molar-refractivity contribution >= 4 is 0 Å². The Bertz CT molecular complexity index is 95.7. The fourth-order valence-corrected chi connectivity index (χ4v) is 0.183. The Morgan fingerprint density at radius 2 is 1.00 bits per heavy atom. The number of hydrogen-bond acceptors (Lipinski definition) is 8. The average molecular weight is 255 g/mol. The molecule has 0 spiro atoms. The molecule has 0 aromatic rings. The molecule has 0 fully saturated rings. The second kappa shape index (κ2) is 22.4. The number of nitro groups is 2. The fourth-order valence-electron chi connectivity index (χ4n) is 0.0444. The average Bonchev–Trinajstić information content (AvgIpc) is 1.27. The van der Waals surface area contributed by atoms with Gasteiger partial charge >= 0.3 is 43.3 Å². The predicted octanol–water partition coefficient (Wildman–Crippen LogP) is -2.90. The second-order valence-electron chi connectivity index (χ2n) is 0.459. The van der Waals surface area contributed by atoms with Crippen molar-refractivity contribution in [1.29, 1.82) is 0 Å². The Hall–Kier alpha value is -0.564. The van der Waals surface area contributed by atoms with Crippen LogP contribution in [0.15, 0.2) is 0 Å². The number of rotatable bonds is 2. The van der Waals surface area contributed by atoms with Gasteiger partial charge in [-0.2, -0.15) is 0 Å². The normalized spacial score (nSPS) is 5.00. The van der Waals surface area contributed by atoms with Crippen molar-refractivity contribution in [2.75, 3.05) is 0 Å². The minimum atomic E-state index is -1.03. The molecule has 10 nitrogen and oxygen atoms in total. The van der Waals surface area contributed by atoms with Gasteiger partial charge in [0.25, 0.3) is 0 Å². The third-order valence-corrected chi connectivity index (χ3v) is 0.449. The molecule has 82 valence electrons. The van der Waals surface area contributed by atoms with E-state index in [-0.39, 0.29) is 37.0 Å². The third kappa shape index (κ3) is 56.9. The molecule has 0 bridgehead atoms. The van der Waals surface area contributed by atoms with Gasteiger partial charge < -0.3 is 37.0 Å². The van der Waals surface area contributed by atoms with Crippen LogP contribution in [0, 0.1) is 20.2 Å². The molecule has 0 rings (SSSR count). The Morgan fingerprint density at radius 3 is 1.00 bits per heavy atom. The van der Waals surface area contributed by atoms with Gasteiger partial charge in [0, 0.05) is 0 Å². The van der Waals surface area contributed by atoms with E-state index in [1.54, 1.807) is 0 Å². The summed E-state index contributed by atoms with van der Waals surface area (Å²) in [4.78, 5) is 18.3. The van der Waals surface area contributed by atoms with Gasteiger partial charge in [-0.25, -0.2) is 0 Å². The Balaban J connectivity index is -0.0000000180. The van der Waals surface area contributed by atoms with Crippen molar-refractivity contribution in [3.63, 3.8) is 0 Å². The van der Waals surface area contributed by atoms with E-state index in [4.69, 9.17) is 20.2 Å². The second-order valence-corrected chi connectivity index (χ2v) is 1.43. The first kappa shape index (κ1) is 42.1. The van der Waals surface area contributed by atoms with Crippen LogP contribution in [0.4, 0.5) is 0 Å². The first-order valence-electron chi connectivity index (χ1n) is 1.03. The van der Waals surface area contributed by atoms with Crippen molar-refractivity contribution < 1.29 is 35.5 Å². The minimum Gasteiger partial charge on any atom is -1.00 e. The van der Waals surface area contributed by atoms with E-state index in [2.05, 4.69) is 0 Å². The molecule has 0 amide bonds. The van der Waals surface area contributed by atoms with E-state index in [0.717, 1.165) is 0 Å². The Morgan fingerprint density at radius 1 is 0.833 bits per heavy atom. The molecule has 0 atom stereocenters. The summed E-state index contributed by atoms with van der Waals surface area (Å²) in [6.45, 7) is 0. The first-order valence-corrected chi connectivity index (χ1v) is 1.96. The molecule has 0 aromatic carbocycles. The van der Waals surface area contributed by atoms with Crippen LogP contribution in [-0.4, -0.2) is 7.94 Å². The topological polar surface area (TPSA) is 226 Å². The van der Waals surface area contributed by atoms with Gasteiger partial charge in [0.05, 0.1) is 0 Å². The first-order chi connectivity index (χ1) is 3.13. The Kier molecular flexibility index (Phi) is 78.8. The van der Waals surface area contributed by atoms with Crippen LogP contribution in [0.1, 0.15) is 0 Å². The summed E-state index contributed by atoms with van der Waals surface area (Å²) < 4.78 is -2.06. The summed E-state index contributed by atoms with van der Waals surface area (Å²) in [6.07, 6.45) is 0. The summed E-state index contributed by atoms with van der Waals surface area (Å²) in [5.74, 6) is 0. The van der Waals surface area contributed by atoms with Gasteiger partial charge in [-0.05, 0) is 0 Å². The van der Waals surface area contributed by atoms with Gasteiger partial charge in [-0.1, -0.05) is 0 Å². The maximum atomic E-state index is 9.16. The standard InChI is InChI=1S/ClH.Co.2NO2.4H3N/c;;2*2-1-3;;;;/h1H;;;;4*1H3/q;+1;;;;;;/p-1. The molecule has 0 aliphatic rings. The Labute approximate surface area is 80.9 Å². The molecule has 12 heavy (non-hydrogen) atoms. The van der Waals surface area contributed by atoms with Crippen molar-refractivity contribution in [2.45, 2.75) is 0 Å². The third-order valence-electron chi connectivity index (χ3n) is 0.109. The summed E-state index contributed by atoms with van der Waals surface area (Å²) in [6, 6.07) is 0. The van der Waals surface area contributed by atoms with Crippen molar-refractivity contribution in [3.05, 3.63) is 20.2 Å². The molecule has 12 N–H and O–H groups in total. The zero-order valence-corrected chi connectivity index (χ0v) is 7.86. The molecule has 0 unspecified atom stereocenters. The fraction of sp³-hybridized carbons (Fsp3) is 0. The van der Waals surface area contributed by atoms with Crippen LogP contribution in [-0.2, 0) is 15.1 Å². The van der Waals surface area contributed by atoms with E-state index in [1.807, 2.05) is 0 Å². The van der Waals surface area contributed by atoms with E-state index >= 15 is 0 Å². The molecule has 0 aliphatic heterocycles. The molecule has 0 radical (unpaired) electrons. The van der Waals surface area contributed by atoms with E-state index in [1.165, 1.54) is 0 Å². The van der Waals surface area contributed by atoms with Crippen LogP contribution >= 0.6 is 0 Å². The summed E-state index contributed by atoms with van der Waals surface area (Å²) in [7, 11) is 0. The zero-order chi connectivity index (χ0) is 5.86. The van der Waals surface area contributed by atoms with Crippen LogP contribution < -0.4 is 37.0 Å². The monoisotopic (exact) mass is 254 g/mol. The molecular formula is H12ClCoN6O4. The van der Waals surface area contributed by atoms with Crippen LogP contribution in [0.2, 0.25) is 0 Å². The molecule has 0 heterocycles. The summed E-state index contributed by atoms with van der Waals surface area (Å²) >= 11 is -0.951. The van der Waals surface area contributed by atoms with Crippen molar-refractivity contribution in [3.8, 4) is 0 Å². The van der Waals surface area contributed by atoms with E-state index < -0.39 is 23.1 Å². The van der Waals surface area contributed by atoms with Crippen LogP contribution in [0.5, 0.6) is 0 Å². The smallest absolute Gasteiger partial charge is 1.00 e. The van der Waals surface area contributed by atoms with Gasteiger partial charge in [-0.3, -0.25) is 0 Å². The molecule has 0 aliphatic carbocycles. The number of nitrogens with zero attached hydrogens (tertiary/aromatic N) is 2. The molecular weight excluding hydrogens is 242 g/mol. The van der Waals surface area contributed by atoms with E-state index in [9.17, 15) is 0 Å². The molecule has 0 aromatic heterocycles. The number of halogens is 1. The predicted molar refractivity (Wildman–Crippen MR) is 34.1 cm³/mol. The largest absolute Gasteiger partial charge is 1.00 e. The van der Waals surface area contributed by atoms with Crippen molar-refractivity contribution in [2.24, 2.45) is 0 Å². The van der Waals surface area contributed by atoms with Crippen molar-refractivity contribution in [1.82, 2.24) is 24.6 Å². The van der Waals surface area contributed by atoms with Gasteiger partial charge in [0.1, 0.15) is 0 Å². The molecule has 0 saturated carbocycles. The molecule has 0 saturated heterocycles. The van der Waals surface area contributed by atoms with Crippen LogP contribution in [0.25, 0.3) is 0 Å². The van der Waals surface area contributed by atoms with Crippen LogP contribution in [0.3, 0.4) is 0 Å². The zero-order valence-electron chi connectivity index (χ0n) is 6.07. The van der Waals surface area contributed by atoms with Gasteiger partial charge in [0.15, 0.2) is 0 Å². The minimum absolute atomic E-state index is 0. The van der Waals surface area contributed by atoms with E-state index in [0.29, 0.717) is 0 Å². The summed E-state index contributed by atoms with van der Waals surface area (Å²) in [5, 5.41) is 18.3. The SMILES string of the molecule is N.N.N.N.O=[N+]([O-])[Co+][N+](=O)[O-].[Cl-]. The quantitative estimate of drug-likeness (QED) is 0.294. The summed E-state index contributed by atoms with van der Waals surface area (Å²) in [5.41, 5.74) is 0. The van der Waals surface area contributed by atoms with Gasteiger partial charge in [-0.15, -0.1) is 0 Å². The molecule has 12 heteroatoms. The number of hydrogen-bond donors (Lipinski definition) is 4.